The molecule has 0 aliphatic carbocycles. The molecule has 0 unspecified atom stereocenters. The van der Waals surface area contributed by atoms with Gasteiger partial charge in [0.15, 0.2) is 12.3 Å². The number of fused-ring (bicyclic) bond motifs is 1. The van der Waals surface area contributed by atoms with Gasteiger partial charge in [0.25, 0.3) is 5.91 Å². The van der Waals surface area contributed by atoms with E-state index in [1.807, 2.05) is 51.1 Å². The third kappa shape index (κ3) is 4.83. The Morgan fingerprint density at radius 3 is 2.53 bits per heavy atom. The number of rotatable bonds is 6. The Hall–Kier alpha value is -3.68. The van der Waals surface area contributed by atoms with E-state index in [2.05, 4.69) is 10.3 Å². The number of aryl methyl sites for hydroxylation is 3. The maximum atomic E-state index is 12.3. The molecule has 1 N–H and O–H groups in total. The van der Waals surface area contributed by atoms with Crippen molar-refractivity contribution < 1.29 is 19.1 Å². The first kappa shape index (κ1) is 21.0. The first-order chi connectivity index (χ1) is 14.2. The zero-order valence-corrected chi connectivity index (χ0v) is 17.4. The van der Waals surface area contributed by atoms with Gasteiger partial charge in [-0.3, -0.25) is 9.59 Å². The molecule has 0 spiro atoms. The summed E-state index contributed by atoms with van der Waals surface area (Å²) in [6.07, 6.45) is 3.34. The fourth-order valence-corrected chi connectivity index (χ4v) is 2.99. The minimum absolute atomic E-state index is 0.115. The Morgan fingerprint density at radius 1 is 1.13 bits per heavy atom. The number of anilines is 1. The number of carbonyl (C=O) groups is 3. The summed E-state index contributed by atoms with van der Waals surface area (Å²) in [5, 5.41) is 2.82. The van der Waals surface area contributed by atoms with Crippen LogP contribution in [0.4, 0.5) is 5.69 Å². The average Bonchev–Trinajstić information content (AvgIpc) is 3.12. The van der Waals surface area contributed by atoms with Crippen molar-refractivity contribution >= 4 is 29.1 Å². The number of ether oxygens (including phenoxy) is 1. The molecular formula is C22H24N4O4. The average molecular weight is 408 g/mol. The summed E-state index contributed by atoms with van der Waals surface area (Å²) in [5.41, 5.74) is 4.36. The van der Waals surface area contributed by atoms with Gasteiger partial charge in [-0.2, -0.15) is 0 Å². The topological polar surface area (TPSA) is 93.0 Å². The molecule has 2 heterocycles. The van der Waals surface area contributed by atoms with Gasteiger partial charge in [-0.15, -0.1) is 0 Å². The van der Waals surface area contributed by atoms with E-state index in [-0.39, 0.29) is 18.1 Å². The van der Waals surface area contributed by atoms with Gasteiger partial charge in [0.1, 0.15) is 5.65 Å². The van der Waals surface area contributed by atoms with Crippen LogP contribution in [0.25, 0.3) is 5.65 Å². The summed E-state index contributed by atoms with van der Waals surface area (Å²) >= 11 is 0. The fourth-order valence-electron chi connectivity index (χ4n) is 2.99. The van der Waals surface area contributed by atoms with Crippen molar-refractivity contribution in [2.75, 3.05) is 25.5 Å². The van der Waals surface area contributed by atoms with Crippen LogP contribution >= 0.6 is 0 Å². The minimum Gasteiger partial charge on any atom is -0.451 e. The highest BCUT2D eigenvalue weighted by Crippen LogP contribution is 2.19. The number of para-hydroxylation sites is 1. The number of amides is 2. The minimum atomic E-state index is -0.696. The largest absolute Gasteiger partial charge is 0.451 e. The number of esters is 1. The van der Waals surface area contributed by atoms with Gasteiger partial charge < -0.3 is 19.4 Å². The van der Waals surface area contributed by atoms with E-state index in [4.69, 9.17) is 4.74 Å². The van der Waals surface area contributed by atoms with Crippen LogP contribution in [0.2, 0.25) is 0 Å². The molecule has 0 fully saturated rings. The van der Waals surface area contributed by atoms with Gasteiger partial charge in [0.2, 0.25) is 5.91 Å². The van der Waals surface area contributed by atoms with Gasteiger partial charge >= 0.3 is 5.97 Å². The molecule has 0 bridgehead atoms. The molecule has 156 valence electrons. The molecule has 0 saturated heterocycles. The van der Waals surface area contributed by atoms with Crippen molar-refractivity contribution in [3.8, 4) is 0 Å². The second kappa shape index (κ2) is 8.77. The van der Waals surface area contributed by atoms with E-state index in [0.29, 0.717) is 5.65 Å². The monoisotopic (exact) mass is 408 g/mol. The van der Waals surface area contributed by atoms with Crippen LogP contribution in [-0.2, 0) is 14.3 Å². The Labute approximate surface area is 174 Å². The number of benzene rings is 1. The lowest BCUT2D eigenvalue weighted by Gasteiger charge is -2.18. The number of hydrogen-bond acceptors (Lipinski definition) is 5. The van der Waals surface area contributed by atoms with Gasteiger partial charge in [0, 0.05) is 25.1 Å². The first-order valence-corrected chi connectivity index (χ1v) is 9.47. The van der Waals surface area contributed by atoms with Crippen molar-refractivity contribution in [1.29, 1.82) is 0 Å². The summed E-state index contributed by atoms with van der Waals surface area (Å²) in [5.74, 6) is -1.51. The molecule has 8 heteroatoms. The molecule has 2 amide bonds. The van der Waals surface area contributed by atoms with E-state index in [1.165, 1.54) is 11.9 Å². The first-order valence-electron chi connectivity index (χ1n) is 9.47. The zero-order chi connectivity index (χ0) is 21.8. The third-order valence-electron chi connectivity index (χ3n) is 4.70. The number of nitrogens with zero attached hydrogens (tertiary/aromatic N) is 3. The van der Waals surface area contributed by atoms with E-state index in [1.54, 1.807) is 16.8 Å². The Bertz CT molecular complexity index is 1100. The summed E-state index contributed by atoms with van der Waals surface area (Å²) in [6, 6.07) is 9.44. The van der Waals surface area contributed by atoms with Crippen molar-refractivity contribution in [1.82, 2.24) is 14.3 Å². The molecule has 30 heavy (non-hydrogen) atoms. The number of aromatic nitrogens is 2. The SMILES string of the molecule is Cc1ccn2cc(C(=O)OCC(=O)N(C)CC(=O)Nc3c(C)cccc3C)nc2c1. The number of pyridine rings is 1. The van der Waals surface area contributed by atoms with Crippen molar-refractivity contribution in [3.05, 3.63) is 65.1 Å². The number of nitrogens with one attached hydrogen (secondary N) is 1. The second-order valence-corrected chi connectivity index (χ2v) is 7.24. The molecule has 0 aliphatic heterocycles. The highest BCUT2D eigenvalue weighted by Gasteiger charge is 2.18. The molecule has 0 radical (unpaired) electrons. The molecule has 0 saturated carbocycles. The highest BCUT2D eigenvalue weighted by atomic mass is 16.5. The predicted molar refractivity (Wildman–Crippen MR) is 112 cm³/mol. The smallest absolute Gasteiger partial charge is 0.359 e. The van der Waals surface area contributed by atoms with E-state index in [9.17, 15) is 14.4 Å². The van der Waals surface area contributed by atoms with Crippen molar-refractivity contribution in [2.24, 2.45) is 0 Å². The summed E-state index contributed by atoms with van der Waals surface area (Å²) in [4.78, 5) is 42.2. The zero-order valence-electron chi connectivity index (χ0n) is 17.4. The van der Waals surface area contributed by atoms with Crippen LogP contribution in [0.15, 0.2) is 42.7 Å². The van der Waals surface area contributed by atoms with Crippen LogP contribution in [0.5, 0.6) is 0 Å². The number of hydrogen-bond donors (Lipinski definition) is 1. The number of imidazole rings is 1. The van der Waals surface area contributed by atoms with Crippen molar-refractivity contribution in [3.63, 3.8) is 0 Å². The van der Waals surface area contributed by atoms with Crippen LogP contribution in [0, 0.1) is 20.8 Å². The lowest BCUT2D eigenvalue weighted by atomic mass is 10.1. The molecule has 1 aromatic carbocycles. The van der Waals surface area contributed by atoms with Crippen molar-refractivity contribution in [2.45, 2.75) is 20.8 Å². The molecule has 0 aliphatic rings. The summed E-state index contributed by atoms with van der Waals surface area (Å²) < 4.78 is 6.78. The molecule has 0 atom stereocenters. The number of likely N-dealkylation sites (N-methyl/N-ethyl adjacent to an activating group) is 1. The highest BCUT2D eigenvalue weighted by molar-refractivity contribution is 5.96. The van der Waals surface area contributed by atoms with Gasteiger partial charge in [-0.05, 0) is 49.6 Å². The standard InChI is InChI=1S/C22H24N4O4/c1-14-8-9-26-11-17(23-18(26)10-14)22(29)30-13-20(28)25(4)12-19(27)24-21-15(2)6-5-7-16(21)3/h5-11H,12-13H2,1-4H3,(H,24,27). The van der Waals surface area contributed by atoms with Gasteiger partial charge in [-0.1, -0.05) is 18.2 Å². The second-order valence-electron chi connectivity index (χ2n) is 7.24. The lowest BCUT2D eigenvalue weighted by Crippen LogP contribution is -2.37. The van der Waals surface area contributed by atoms with Crippen LogP contribution in [-0.4, -0.2) is 52.3 Å². The normalized spacial score (nSPS) is 10.7. The van der Waals surface area contributed by atoms with E-state index >= 15 is 0 Å². The molecule has 8 nitrogen and oxygen atoms in total. The Morgan fingerprint density at radius 2 is 1.83 bits per heavy atom. The Kier molecular flexibility index (Phi) is 6.15. The van der Waals surface area contributed by atoms with Gasteiger partial charge in [-0.25, -0.2) is 9.78 Å². The predicted octanol–water partition coefficient (Wildman–Crippen LogP) is 2.51. The molecule has 2 aromatic heterocycles. The quantitative estimate of drug-likeness (QED) is 0.633. The van der Waals surface area contributed by atoms with E-state index < -0.39 is 18.5 Å². The van der Waals surface area contributed by atoms with E-state index in [0.717, 1.165) is 22.4 Å². The Balaban J connectivity index is 1.53. The molecule has 3 aromatic rings. The maximum absolute atomic E-state index is 12.3. The van der Waals surface area contributed by atoms with Gasteiger partial charge in [0.05, 0.1) is 6.54 Å². The van der Waals surface area contributed by atoms with Crippen LogP contribution < -0.4 is 5.32 Å². The maximum Gasteiger partial charge on any atom is 0.359 e. The summed E-state index contributed by atoms with van der Waals surface area (Å²) in [6.45, 7) is 5.10. The van der Waals surface area contributed by atoms with Crippen LogP contribution in [0.3, 0.4) is 0 Å². The lowest BCUT2D eigenvalue weighted by molar-refractivity contribution is -0.136. The fraction of sp³-hybridized carbons (Fsp3) is 0.273. The summed E-state index contributed by atoms with van der Waals surface area (Å²) in [7, 11) is 1.48. The molecular weight excluding hydrogens is 384 g/mol. The third-order valence-corrected chi connectivity index (χ3v) is 4.70. The number of carbonyl (C=O) groups excluding carboxylic acids is 3. The van der Waals surface area contributed by atoms with Crippen LogP contribution in [0.1, 0.15) is 27.2 Å². The molecule has 3 rings (SSSR count).